The predicted octanol–water partition coefficient (Wildman–Crippen LogP) is 1.67. The number of carbonyl (C=O) groups is 1. The van der Waals surface area contributed by atoms with E-state index >= 15 is 0 Å². The molecule has 1 saturated heterocycles. The average molecular weight is 184 g/mol. The Balaban J connectivity index is 2.39. The van der Waals surface area contributed by atoms with E-state index in [0.717, 1.165) is 31.6 Å². The van der Waals surface area contributed by atoms with Crippen molar-refractivity contribution in [3.63, 3.8) is 0 Å². The fraction of sp³-hybridized carbons (Fsp3) is 0.700. The zero-order valence-electron chi connectivity index (χ0n) is 8.21. The minimum Gasteiger partial charge on any atom is -0.460 e. The highest BCUT2D eigenvalue weighted by Gasteiger charge is 2.08. The quantitative estimate of drug-likeness (QED) is 0.484. The molecule has 1 heterocycles. The van der Waals surface area contributed by atoms with Crippen LogP contribution in [0.1, 0.15) is 26.7 Å². The van der Waals surface area contributed by atoms with E-state index in [1.165, 1.54) is 0 Å². The second kappa shape index (κ2) is 5.02. The van der Waals surface area contributed by atoms with Crippen LogP contribution in [-0.2, 0) is 14.3 Å². The number of esters is 1. The van der Waals surface area contributed by atoms with Gasteiger partial charge in [-0.2, -0.15) is 0 Å². The van der Waals surface area contributed by atoms with E-state index in [1.807, 2.05) is 13.8 Å². The van der Waals surface area contributed by atoms with Gasteiger partial charge in [-0.05, 0) is 26.7 Å². The predicted molar refractivity (Wildman–Crippen MR) is 49.4 cm³/mol. The van der Waals surface area contributed by atoms with E-state index in [1.54, 1.807) is 6.08 Å². The molecule has 13 heavy (non-hydrogen) atoms. The molecule has 1 rings (SSSR count). The van der Waals surface area contributed by atoms with Crippen LogP contribution in [0.25, 0.3) is 0 Å². The molecule has 3 nitrogen and oxygen atoms in total. The van der Waals surface area contributed by atoms with Gasteiger partial charge in [0, 0.05) is 6.08 Å². The summed E-state index contributed by atoms with van der Waals surface area (Å²) in [4.78, 5) is 11.2. The monoisotopic (exact) mass is 184 g/mol. The number of hydrogen-bond donors (Lipinski definition) is 0. The van der Waals surface area contributed by atoms with Gasteiger partial charge in [0.25, 0.3) is 0 Å². The van der Waals surface area contributed by atoms with Crippen molar-refractivity contribution >= 4 is 5.97 Å². The van der Waals surface area contributed by atoms with E-state index in [9.17, 15) is 4.79 Å². The van der Waals surface area contributed by atoms with Gasteiger partial charge in [0.15, 0.2) is 0 Å². The molecular weight excluding hydrogens is 168 g/mol. The zero-order valence-corrected chi connectivity index (χ0v) is 8.21. The van der Waals surface area contributed by atoms with E-state index in [0.29, 0.717) is 0 Å². The molecule has 0 saturated carbocycles. The van der Waals surface area contributed by atoms with Crippen molar-refractivity contribution in [1.82, 2.24) is 0 Å². The standard InChI is InChI=1S/C10H16O3/c1-8(2)13-10(11)7-9-3-5-12-6-4-9/h7-8H,3-6H2,1-2H3. The third kappa shape index (κ3) is 4.08. The van der Waals surface area contributed by atoms with Crippen molar-refractivity contribution in [3.05, 3.63) is 11.6 Å². The fourth-order valence-electron chi connectivity index (χ4n) is 1.21. The third-order valence-corrected chi connectivity index (χ3v) is 1.81. The minimum atomic E-state index is -0.230. The first-order chi connectivity index (χ1) is 6.18. The lowest BCUT2D eigenvalue weighted by Gasteiger charge is -2.14. The summed E-state index contributed by atoms with van der Waals surface area (Å²) >= 11 is 0. The summed E-state index contributed by atoms with van der Waals surface area (Å²) in [6.45, 7) is 5.14. The zero-order chi connectivity index (χ0) is 9.68. The number of ether oxygens (including phenoxy) is 2. The SMILES string of the molecule is CC(C)OC(=O)C=C1CCOCC1. The molecule has 0 unspecified atom stereocenters. The Hall–Kier alpha value is -0.830. The van der Waals surface area contributed by atoms with Gasteiger partial charge in [0.05, 0.1) is 19.3 Å². The molecule has 0 aromatic heterocycles. The van der Waals surface area contributed by atoms with Crippen LogP contribution >= 0.6 is 0 Å². The topological polar surface area (TPSA) is 35.5 Å². The largest absolute Gasteiger partial charge is 0.460 e. The van der Waals surface area contributed by atoms with Gasteiger partial charge >= 0.3 is 5.97 Å². The van der Waals surface area contributed by atoms with E-state index in [-0.39, 0.29) is 12.1 Å². The Morgan fingerprint density at radius 1 is 1.46 bits per heavy atom. The first-order valence-corrected chi connectivity index (χ1v) is 4.66. The van der Waals surface area contributed by atoms with Crippen LogP contribution in [0.15, 0.2) is 11.6 Å². The second-order valence-corrected chi connectivity index (χ2v) is 3.40. The molecule has 1 fully saturated rings. The summed E-state index contributed by atoms with van der Waals surface area (Å²) in [5.41, 5.74) is 1.14. The van der Waals surface area contributed by atoms with Crippen molar-refractivity contribution in [2.75, 3.05) is 13.2 Å². The van der Waals surface area contributed by atoms with Crippen molar-refractivity contribution in [2.45, 2.75) is 32.8 Å². The lowest BCUT2D eigenvalue weighted by atomic mass is 10.1. The maximum absolute atomic E-state index is 11.2. The van der Waals surface area contributed by atoms with E-state index in [4.69, 9.17) is 9.47 Å². The molecule has 0 N–H and O–H groups in total. The molecule has 1 aliphatic rings. The lowest BCUT2D eigenvalue weighted by molar-refractivity contribution is -0.141. The third-order valence-electron chi connectivity index (χ3n) is 1.81. The van der Waals surface area contributed by atoms with Gasteiger partial charge < -0.3 is 9.47 Å². The lowest BCUT2D eigenvalue weighted by Crippen LogP contribution is -2.12. The molecule has 0 aliphatic carbocycles. The molecule has 0 radical (unpaired) electrons. The number of carbonyl (C=O) groups excluding carboxylic acids is 1. The van der Waals surface area contributed by atoms with Crippen LogP contribution in [0.3, 0.4) is 0 Å². The first kappa shape index (κ1) is 10.3. The highest BCUT2D eigenvalue weighted by molar-refractivity contribution is 5.82. The van der Waals surface area contributed by atoms with Gasteiger partial charge in [-0.1, -0.05) is 5.57 Å². The highest BCUT2D eigenvalue weighted by atomic mass is 16.5. The van der Waals surface area contributed by atoms with Crippen LogP contribution in [0, 0.1) is 0 Å². The Labute approximate surface area is 78.7 Å². The normalized spacial score (nSPS) is 17.3. The van der Waals surface area contributed by atoms with Crippen LogP contribution in [0.2, 0.25) is 0 Å². The first-order valence-electron chi connectivity index (χ1n) is 4.66. The van der Waals surface area contributed by atoms with Crippen LogP contribution in [0.4, 0.5) is 0 Å². The molecule has 1 aliphatic heterocycles. The van der Waals surface area contributed by atoms with Crippen LogP contribution < -0.4 is 0 Å². The number of hydrogen-bond acceptors (Lipinski definition) is 3. The fourth-order valence-corrected chi connectivity index (χ4v) is 1.21. The second-order valence-electron chi connectivity index (χ2n) is 3.40. The van der Waals surface area contributed by atoms with Gasteiger partial charge in [-0.25, -0.2) is 4.79 Å². The van der Waals surface area contributed by atoms with Crippen molar-refractivity contribution in [1.29, 1.82) is 0 Å². The summed E-state index contributed by atoms with van der Waals surface area (Å²) in [5.74, 6) is -0.230. The number of rotatable bonds is 2. The summed E-state index contributed by atoms with van der Waals surface area (Å²) in [5, 5.41) is 0. The molecule has 3 heteroatoms. The molecule has 0 aromatic rings. The minimum absolute atomic E-state index is 0.0378. The summed E-state index contributed by atoms with van der Waals surface area (Å²) in [7, 11) is 0. The Kier molecular flexibility index (Phi) is 3.96. The molecule has 0 aromatic carbocycles. The smallest absolute Gasteiger partial charge is 0.330 e. The van der Waals surface area contributed by atoms with Gasteiger partial charge in [-0.3, -0.25) is 0 Å². The van der Waals surface area contributed by atoms with Gasteiger partial charge in [0.1, 0.15) is 0 Å². The summed E-state index contributed by atoms with van der Waals surface area (Å²) < 4.78 is 10.2. The van der Waals surface area contributed by atoms with Crippen molar-refractivity contribution in [2.24, 2.45) is 0 Å². The van der Waals surface area contributed by atoms with E-state index in [2.05, 4.69) is 0 Å². The Morgan fingerprint density at radius 3 is 2.62 bits per heavy atom. The molecular formula is C10H16O3. The molecule has 0 amide bonds. The van der Waals surface area contributed by atoms with Gasteiger partial charge in [-0.15, -0.1) is 0 Å². The maximum atomic E-state index is 11.2. The van der Waals surface area contributed by atoms with Crippen LogP contribution in [-0.4, -0.2) is 25.3 Å². The summed E-state index contributed by atoms with van der Waals surface area (Å²) in [6, 6.07) is 0. The maximum Gasteiger partial charge on any atom is 0.330 e. The average Bonchev–Trinajstić information content (AvgIpc) is 2.04. The Morgan fingerprint density at radius 2 is 2.08 bits per heavy atom. The molecule has 74 valence electrons. The Bertz CT molecular complexity index is 198. The van der Waals surface area contributed by atoms with Crippen molar-refractivity contribution < 1.29 is 14.3 Å². The summed E-state index contributed by atoms with van der Waals surface area (Å²) in [6.07, 6.45) is 3.27. The molecule has 0 bridgehead atoms. The molecule has 0 atom stereocenters. The van der Waals surface area contributed by atoms with Crippen LogP contribution in [0.5, 0.6) is 0 Å². The van der Waals surface area contributed by atoms with E-state index < -0.39 is 0 Å². The van der Waals surface area contributed by atoms with Gasteiger partial charge in [0.2, 0.25) is 0 Å². The molecule has 0 spiro atoms. The highest BCUT2D eigenvalue weighted by Crippen LogP contribution is 2.13. The van der Waals surface area contributed by atoms with Crippen molar-refractivity contribution in [3.8, 4) is 0 Å².